The highest BCUT2D eigenvalue weighted by atomic mass is 16.5. The number of amides is 2. The summed E-state index contributed by atoms with van der Waals surface area (Å²) in [6.07, 6.45) is 1.26. The van der Waals surface area contributed by atoms with Gasteiger partial charge in [-0.1, -0.05) is 30.3 Å². The van der Waals surface area contributed by atoms with E-state index in [0.717, 1.165) is 29.9 Å². The van der Waals surface area contributed by atoms with Gasteiger partial charge in [0, 0.05) is 24.5 Å². The number of nitrogens with zero attached hydrogens (tertiary/aromatic N) is 1. The summed E-state index contributed by atoms with van der Waals surface area (Å²) in [5, 5.41) is 6.01. The predicted molar refractivity (Wildman–Crippen MR) is 104 cm³/mol. The van der Waals surface area contributed by atoms with Gasteiger partial charge in [0.15, 0.2) is 0 Å². The summed E-state index contributed by atoms with van der Waals surface area (Å²) >= 11 is 0. The van der Waals surface area contributed by atoms with Crippen molar-refractivity contribution in [2.75, 3.05) is 36.5 Å². The van der Waals surface area contributed by atoms with Crippen LogP contribution in [0.2, 0.25) is 0 Å². The fraction of sp³-hybridized carbons (Fsp3) is 0.333. The van der Waals surface area contributed by atoms with E-state index in [4.69, 9.17) is 4.74 Å². The van der Waals surface area contributed by atoms with Gasteiger partial charge in [0.2, 0.25) is 11.8 Å². The minimum Gasteiger partial charge on any atom is -0.378 e. The Labute approximate surface area is 158 Å². The van der Waals surface area contributed by atoms with E-state index in [1.807, 2.05) is 47.4 Å². The average molecular weight is 365 g/mol. The van der Waals surface area contributed by atoms with Crippen molar-refractivity contribution in [1.82, 2.24) is 5.32 Å². The lowest BCUT2D eigenvalue weighted by molar-refractivity contribution is -0.121. The van der Waals surface area contributed by atoms with Crippen molar-refractivity contribution in [3.8, 4) is 0 Å². The number of rotatable bonds is 4. The summed E-state index contributed by atoms with van der Waals surface area (Å²) in [4.78, 5) is 26.7. The molecular weight excluding hydrogens is 342 g/mol. The molecule has 2 aliphatic rings. The third-order valence-electron chi connectivity index (χ3n) is 5.00. The highest BCUT2D eigenvalue weighted by molar-refractivity contribution is 5.97. The molecule has 0 aliphatic carbocycles. The van der Waals surface area contributed by atoms with Crippen molar-refractivity contribution >= 4 is 23.2 Å². The molecule has 0 aromatic heterocycles. The van der Waals surface area contributed by atoms with Crippen LogP contribution in [0.25, 0.3) is 0 Å². The molecule has 6 nitrogen and oxygen atoms in total. The van der Waals surface area contributed by atoms with Gasteiger partial charge in [0.1, 0.15) is 6.04 Å². The second-order valence-corrected chi connectivity index (χ2v) is 6.87. The number of fused-ring (bicyclic) bond motifs is 1. The third kappa shape index (κ3) is 4.02. The number of para-hydroxylation sites is 1. The topological polar surface area (TPSA) is 70.7 Å². The lowest BCUT2D eigenvalue weighted by atomic mass is 10.1. The largest absolute Gasteiger partial charge is 0.378 e. The Morgan fingerprint density at radius 2 is 1.96 bits per heavy atom. The molecular formula is C21H23N3O3. The van der Waals surface area contributed by atoms with Gasteiger partial charge in [0.25, 0.3) is 0 Å². The standard InChI is InChI=1S/C21H23N3O3/c25-20(24-11-9-16-3-1-2-4-19(16)24)13-15-5-7-17(8-6-15)23-21(26)18-14-27-12-10-22-18/h1-8,18,22H,9-14H2,(H,23,26). The van der Waals surface area contributed by atoms with Gasteiger partial charge < -0.3 is 20.3 Å². The summed E-state index contributed by atoms with van der Waals surface area (Å²) in [6.45, 7) is 2.44. The van der Waals surface area contributed by atoms with Crippen molar-refractivity contribution in [2.45, 2.75) is 18.9 Å². The van der Waals surface area contributed by atoms with Crippen LogP contribution in [-0.2, 0) is 27.2 Å². The first-order valence-electron chi connectivity index (χ1n) is 9.30. The molecule has 0 radical (unpaired) electrons. The van der Waals surface area contributed by atoms with Crippen LogP contribution >= 0.6 is 0 Å². The number of hydrogen-bond acceptors (Lipinski definition) is 4. The van der Waals surface area contributed by atoms with E-state index in [1.54, 1.807) is 0 Å². The maximum atomic E-state index is 12.7. The van der Waals surface area contributed by atoms with Crippen molar-refractivity contribution in [3.63, 3.8) is 0 Å². The fourth-order valence-corrected chi connectivity index (χ4v) is 3.54. The fourth-order valence-electron chi connectivity index (χ4n) is 3.54. The Hall–Kier alpha value is -2.70. The Kier molecular flexibility index (Phi) is 5.18. The van der Waals surface area contributed by atoms with Gasteiger partial charge in [0.05, 0.1) is 19.6 Å². The molecule has 140 valence electrons. The smallest absolute Gasteiger partial charge is 0.243 e. The molecule has 1 unspecified atom stereocenters. The molecule has 1 saturated heterocycles. The zero-order valence-corrected chi connectivity index (χ0v) is 15.1. The molecule has 1 fully saturated rings. The number of carbonyl (C=O) groups excluding carboxylic acids is 2. The SMILES string of the molecule is O=C(Nc1ccc(CC(=O)N2CCc3ccccc32)cc1)C1COCCN1. The molecule has 2 aromatic carbocycles. The predicted octanol–water partition coefficient (Wildman–Crippen LogP) is 1.75. The van der Waals surface area contributed by atoms with Crippen LogP contribution in [0.5, 0.6) is 0 Å². The molecule has 2 N–H and O–H groups in total. The normalized spacial score (nSPS) is 18.8. The van der Waals surface area contributed by atoms with Gasteiger partial charge >= 0.3 is 0 Å². The van der Waals surface area contributed by atoms with E-state index < -0.39 is 0 Å². The molecule has 1 atom stereocenters. The van der Waals surface area contributed by atoms with Gasteiger partial charge in [-0.2, -0.15) is 0 Å². The summed E-state index contributed by atoms with van der Waals surface area (Å²) in [6, 6.07) is 15.2. The first kappa shape index (κ1) is 17.7. The van der Waals surface area contributed by atoms with Gasteiger partial charge in [-0.05, 0) is 35.7 Å². The monoisotopic (exact) mass is 365 g/mol. The highest BCUT2D eigenvalue weighted by Crippen LogP contribution is 2.28. The van der Waals surface area contributed by atoms with Crippen LogP contribution in [0.3, 0.4) is 0 Å². The maximum absolute atomic E-state index is 12.7. The van der Waals surface area contributed by atoms with Crippen LogP contribution < -0.4 is 15.5 Å². The lowest BCUT2D eigenvalue weighted by Crippen LogP contribution is -2.48. The van der Waals surface area contributed by atoms with Crippen LogP contribution in [0.1, 0.15) is 11.1 Å². The van der Waals surface area contributed by atoms with Crippen molar-refractivity contribution in [2.24, 2.45) is 0 Å². The van der Waals surface area contributed by atoms with Gasteiger partial charge in [-0.25, -0.2) is 0 Å². The molecule has 27 heavy (non-hydrogen) atoms. The van der Waals surface area contributed by atoms with Gasteiger partial charge in [-0.15, -0.1) is 0 Å². The van der Waals surface area contributed by atoms with Crippen molar-refractivity contribution in [1.29, 1.82) is 0 Å². The van der Waals surface area contributed by atoms with E-state index in [-0.39, 0.29) is 17.9 Å². The average Bonchev–Trinajstić information content (AvgIpc) is 3.14. The lowest BCUT2D eigenvalue weighted by Gasteiger charge is -2.23. The number of ether oxygens (including phenoxy) is 1. The number of anilines is 2. The van der Waals surface area contributed by atoms with E-state index in [2.05, 4.69) is 16.7 Å². The Morgan fingerprint density at radius 1 is 1.15 bits per heavy atom. The molecule has 2 aliphatic heterocycles. The molecule has 4 rings (SSSR count). The van der Waals surface area contributed by atoms with Gasteiger partial charge in [-0.3, -0.25) is 9.59 Å². The second kappa shape index (κ2) is 7.90. The van der Waals surface area contributed by atoms with Crippen LogP contribution in [0.4, 0.5) is 11.4 Å². The summed E-state index contributed by atoms with van der Waals surface area (Å²) < 4.78 is 5.31. The number of morpholine rings is 1. The Bertz CT molecular complexity index is 829. The molecule has 2 amide bonds. The molecule has 0 bridgehead atoms. The summed E-state index contributed by atoms with van der Waals surface area (Å²) in [5.74, 6) is -0.00695. The van der Waals surface area contributed by atoms with Crippen LogP contribution in [0.15, 0.2) is 48.5 Å². The minimum absolute atomic E-state index is 0.0975. The zero-order valence-electron chi connectivity index (χ0n) is 15.1. The molecule has 2 aromatic rings. The maximum Gasteiger partial charge on any atom is 0.243 e. The van der Waals surface area contributed by atoms with E-state index in [9.17, 15) is 9.59 Å². The number of benzene rings is 2. The number of hydrogen-bond donors (Lipinski definition) is 2. The highest BCUT2D eigenvalue weighted by Gasteiger charge is 2.24. The quantitative estimate of drug-likeness (QED) is 0.866. The Morgan fingerprint density at radius 3 is 2.74 bits per heavy atom. The van der Waals surface area contributed by atoms with Crippen molar-refractivity contribution < 1.29 is 14.3 Å². The third-order valence-corrected chi connectivity index (χ3v) is 5.00. The Balaban J connectivity index is 1.35. The zero-order chi connectivity index (χ0) is 18.6. The van der Waals surface area contributed by atoms with E-state index in [0.29, 0.717) is 26.2 Å². The van der Waals surface area contributed by atoms with E-state index >= 15 is 0 Å². The molecule has 6 heteroatoms. The minimum atomic E-state index is -0.324. The first-order valence-corrected chi connectivity index (χ1v) is 9.30. The molecule has 2 heterocycles. The number of carbonyl (C=O) groups is 2. The first-order chi connectivity index (χ1) is 13.2. The number of nitrogens with one attached hydrogen (secondary N) is 2. The molecule has 0 saturated carbocycles. The summed E-state index contributed by atoms with van der Waals surface area (Å²) in [7, 11) is 0. The molecule has 0 spiro atoms. The summed E-state index contributed by atoms with van der Waals surface area (Å²) in [5.41, 5.74) is 3.90. The second-order valence-electron chi connectivity index (χ2n) is 6.87. The van der Waals surface area contributed by atoms with Crippen LogP contribution in [-0.4, -0.2) is 44.2 Å². The van der Waals surface area contributed by atoms with E-state index in [1.165, 1.54) is 5.56 Å². The van der Waals surface area contributed by atoms with Crippen LogP contribution in [0, 0.1) is 0 Å². The van der Waals surface area contributed by atoms with Crippen molar-refractivity contribution in [3.05, 3.63) is 59.7 Å².